The van der Waals surface area contributed by atoms with E-state index in [9.17, 15) is 0 Å². The standard InChI is InChI=1S/C13H12Br2N2O/c1-16-13-9(3-2-6-17-13)8-18-12-5-4-10(14)7-11(12)15/h2-7H,8H2,1H3,(H,16,17). The number of anilines is 1. The molecular weight excluding hydrogens is 360 g/mol. The second-order valence-corrected chi connectivity index (χ2v) is 5.39. The molecule has 2 rings (SSSR count). The van der Waals surface area contributed by atoms with Crippen molar-refractivity contribution >= 4 is 37.7 Å². The number of halogens is 2. The zero-order chi connectivity index (χ0) is 13.0. The summed E-state index contributed by atoms with van der Waals surface area (Å²) in [7, 11) is 1.85. The molecule has 0 saturated heterocycles. The molecule has 0 radical (unpaired) electrons. The number of hydrogen-bond donors (Lipinski definition) is 1. The molecule has 0 atom stereocenters. The number of hydrogen-bond acceptors (Lipinski definition) is 3. The highest BCUT2D eigenvalue weighted by Gasteiger charge is 2.05. The van der Waals surface area contributed by atoms with Gasteiger partial charge in [0.15, 0.2) is 0 Å². The van der Waals surface area contributed by atoms with Crippen molar-refractivity contribution in [2.24, 2.45) is 0 Å². The second-order valence-electron chi connectivity index (χ2n) is 3.62. The summed E-state index contributed by atoms with van der Waals surface area (Å²) in [6, 6.07) is 9.71. The van der Waals surface area contributed by atoms with Gasteiger partial charge in [0.05, 0.1) is 4.47 Å². The average molecular weight is 372 g/mol. The molecule has 2 aromatic rings. The molecule has 0 aliphatic heterocycles. The lowest BCUT2D eigenvalue weighted by Crippen LogP contribution is -2.02. The molecule has 5 heteroatoms. The third-order valence-electron chi connectivity index (χ3n) is 2.41. The van der Waals surface area contributed by atoms with E-state index < -0.39 is 0 Å². The third kappa shape index (κ3) is 3.23. The molecule has 1 heterocycles. The maximum Gasteiger partial charge on any atom is 0.134 e. The fraction of sp³-hybridized carbons (Fsp3) is 0.154. The first-order chi connectivity index (χ1) is 8.70. The van der Waals surface area contributed by atoms with Gasteiger partial charge in [-0.05, 0) is 40.2 Å². The van der Waals surface area contributed by atoms with Gasteiger partial charge in [0.25, 0.3) is 0 Å². The zero-order valence-electron chi connectivity index (χ0n) is 9.78. The van der Waals surface area contributed by atoms with Crippen LogP contribution in [-0.4, -0.2) is 12.0 Å². The van der Waals surface area contributed by atoms with Crippen molar-refractivity contribution in [3.63, 3.8) is 0 Å². The molecule has 0 saturated carbocycles. The van der Waals surface area contributed by atoms with Gasteiger partial charge < -0.3 is 10.1 Å². The van der Waals surface area contributed by atoms with Crippen molar-refractivity contribution in [2.45, 2.75) is 6.61 Å². The average Bonchev–Trinajstić information content (AvgIpc) is 2.38. The molecule has 0 unspecified atom stereocenters. The zero-order valence-corrected chi connectivity index (χ0v) is 13.0. The van der Waals surface area contributed by atoms with E-state index in [4.69, 9.17) is 4.74 Å². The van der Waals surface area contributed by atoms with E-state index >= 15 is 0 Å². The minimum absolute atomic E-state index is 0.476. The monoisotopic (exact) mass is 370 g/mol. The fourth-order valence-electron chi connectivity index (χ4n) is 1.53. The summed E-state index contributed by atoms with van der Waals surface area (Å²) in [6.07, 6.45) is 1.75. The van der Waals surface area contributed by atoms with E-state index in [0.717, 1.165) is 26.1 Å². The van der Waals surface area contributed by atoms with Crippen molar-refractivity contribution in [1.82, 2.24) is 4.98 Å². The minimum Gasteiger partial charge on any atom is -0.488 e. The maximum atomic E-state index is 5.77. The Morgan fingerprint density at radius 3 is 2.83 bits per heavy atom. The highest BCUT2D eigenvalue weighted by molar-refractivity contribution is 9.11. The van der Waals surface area contributed by atoms with Crippen LogP contribution in [-0.2, 0) is 6.61 Å². The number of benzene rings is 1. The van der Waals surface area contributed by atoms with Gasteiger partial charge in [-0.2, -0.15) is 0 Å². The van der Waals surface area contributed by atoms with Crippen LogP contribution >= 0.6 is 31.9 Å². The van der Waals surface area contributed by atoms with E-state index in [1.807, 2.05) is 37.4 Å². The lowest BCUT2D eigenvalue weighted by molar-refractivity contribution is 0.304. The Hall–Kier alpha value is -1.07. The van der Waals surface area contributed by atoms with Crippen molar-refractivity contribution in [3.05, 3.63) is 51.0 Å². The van der Waals surface area contributed by atoms with Gasteiger partial charge in [0.1, 0.15) is 18.2 Å². The van der Waals surface area contributed by atoms with Gasteiger partial charge >= 0.3 is 0 Å². The predicted octanol–water partition coefficient (Wildman–Crippen LogP) is 4.23. The number of ether oxygens (including phenoxy) is 1. The Bertz CT molecular complexity index is 546. The van der Waals surface area contributed by atoms with Crippen molar-refractivity contribution in [1.29, 1.82) is 0 Å². The number of pyridine rings is 1. The molecule has 0 spiro atoms. The minimum atomic E-state index is 0.476. The van der Waals surface area contributed by atoms with E-state index in [1.165, 1.54) is 0 Å². The molecule has 94 valence electrons. The highest BCUT2D eigenvalue weighted by atomic mass is 79.9. The lowest BCUT2D eigenvalue weighted by Gasteiger charge is -2.11. The molecule has 0 bridgehead atoms. The normalized spacial score (nSPS) is 10.2. The van der Waals surface area contributed by atoms with E-state index in [-0.39, 0.29) is 0 Å². The van der Waals surface area contributed by atoms with Crippen LogP contribution < -0.4 is 10.1 Å². The molecule has 1 aromatic carbocycles. The highest BCUT2D eigenvalue weighted by Crippen LogP contribution is 2.29. The van der Waals surface area contributed by atoms with Gasteiger partial charge in [-0.1, -0.05) is 22.0 Å². The van der Waals surface area contributed by atoms with Crippen LogP contribution in [0, 0.1) is 0 Å². The first-order valence-electron chi connectivity index (χ1n) is 5.40. The number of rotatable bonds is 4. The summed E-state index contributed by atoms with van der Waals surface area (Å²) in [4.78, 5) is 4.24. The number of aromatic nitrogens is 1. The number of nitrogens with one attached hydrogen (secondary N) is 1. The molecular formula is C13H12Br2N2O. The van der Waals surface area contributed by atoms with Crippen molar-refractivity contribution < 1.29 is 4.74 Å². The molecule has 0 aliphatic rings. The van der Waals surface area contributed by atoms with Gasteiger partial charge in [-0.15, -0.1) is 0 Å². The van der Waals surface area contributed by atoms with Gasteiger partial charge in [0.2, 0.25) is 0 Å². The maximum absolute atomic E-state index is 5.77. The van der Waals surface area contributed by atoms with Crippen LogP contribution in [0.2, 0.25) is 0 Å². The quantitative estimate of drug-likeness (QED) is 0.873. The molecule has 1 aromatic heterocycles. The molecule has 3 nitrogen and oxygen atoms in total. The van der Waals surface area contributed by atoms with Crippen LogP contribution in [0.4, 0.5) is 5.82 Å². The Morgan fingerprint density at radius 2 is 2.11 bits per heavy atom. The molecule has 1 N–H and O–H groups in total. The van der Waals surface area contributed by atoms with Crippen LogP contribution in [0.1, 0.15) is 5.56 Å². The lowest BCUT2D eigenvalue weighted by atomic mass is 10.2. The Kier molecular flexibility index (Phi) is 4.60. The van der Waals surface area contributed by atoms with Crippen molar-refractivity contribution in [2.75, 3.05) is 12.4 Å². The fourth-order valence-corrected chi connectivity index (χ4v) is 2.69. The predicted molar refractivity (Wildman–Crippen MR) is 80.0 cm³/mol. The van der Waals surface area contributed by atoms with Crippen molar-refractivity contribution in [3.8, 4) is 5.75 Å². The van der Waals surface area contributed by atoms with Gasteiger partial charge in [0, 0.05) is 23.3 Å². The van der Waals surface area contributed by atoms with E-state index in [0.29, 0.717) is 6.61 Å². The summed E-state index contributed by atoms with van der Waals surface area (Å²) >= 11 is 6.88. The summed E-state index contributed by atoms with van der Waals surface area (Å²) in [6.45, 7) is 0.476. The summed E-state index contributed by atoms with van der Waals surface area (Å²) in [5.41, 5.74) is 1.02. The van der Waals surface area contributed by atoms with Gasteiger partial charge in [-0.3, -0.25) is 0 Å². The third-order valence-corrected chi connectivity index (χ3v) is 3.52. The number of nitrogens with zero attached hydrogens (tertiary/aromatic N) is 1. The van der Waals surface area contributed by atoms with Crippen LogP contribution in [0.25, 0.3) is 0 Å². The molecule has 18 heavy (non-hydrogen) atoms. The van der Waals surface area contributed by atoms with Crippen LogP contribution in [0.15, 0.2) is 45.5 Å². The Labute approximate surface area is 123 Å². The molecule has 0 fully saturated rings. The topological polar surface area (TPSA) is 34.2 Å². The summed E-state index contributed by atoms with van der Waals surface area (Å²) in [5, 5.41) is 3.05. The first-order valence-corrected chi connectivity index (χ1v) is 6.99. The van der Waals surface area contributed by atoms with Gasteiger partial charge in [-0.25, -0.2) is 4.98 Å². The van der Waals surface area contributed by atoms with Crippen LogP contribution in [0.5, 0.6) is 5.75 Å². The molecule has 0 amide bonds. The largest absolute Gasteiger partial charge is 0.488 e. The first kappa shape index (κ1) is 13.4. The van der Waals surface area contributed by atoms with Crippen LogP contribution in [0.3, 0.4) is 0 Å². The Morgan fingerprint density at radius 1 is 1.28 bits per heavy atom. The summed E-state index contributed by atoms with van der Waals surface area (Å²) < 4.78 is 7.71. The molecule has 0 aliphatic carbocycles. The second kappa shape index (κ2) is 6.20. The summed E-state index contributed by atoms with van der Waals surface area (Å²) in [5.74, 6) is 1.65. The Balaban J connectivity index is 2.11. The van der Waals surface area contributed by atoms with E-state index in [2.05, 4.69) is 42.2 Å². The van der Waals surface area contributed by atoms with E-state index in [1.54, 1.807) is 6.20 Å². The SMILES string of the molecule is CNc1ncccc1COc1ccc(Br)cc1Br. The smallest absolute Gasteiger partial charge is 0.134 e.